The Morgan fingerprint density at radius 2 is 1.50 bits per heavy atom. The highest BCUT2D eigenvalue weighted by Gasteiger charge is 2.36. The van der Waals surface area contributed by atoms with Crippen LogP contribution in [0.5, 0.6) is 40.2 Å². The molecule has 5 N–H and O–H groups in total. The molecule has 5 rings (SSSR count). The average Bonchev–Trinajstić information content (AvgIpc) is 2.84. The molecule has 2 aliphatic rings. The minimum Gasteiger partial charge on any atom is -0.504 e. The molecular formula is C25H24O9. The molecule has 2 aliphatic heterocycles. The van der Waals surface area contributed by atoms with Crippen LogP contribution in [0, 0.1) is 0 Å². The smallest absolute Gasteiger partial charge is 0.163 e. The molecule has 0 fully saturated rings. The first-order valence-corrected chi connectivity index (χ1v) is 10.7. The SMILES string of the molecule is COc1cc(C2Oc3cc(C4Oc5cc(O)c(O)cc5CC4O)ccc3OC2CO)ccc1O. The normalized spacial score (nSPS) is 23.0. The van der Waals surface area contributed by atoms with Crippen LogP contribution in [0.15, 0.2) is 48.5 Å². The van der Waals surface area contributed by atoms with Gasteiger partial charge in [-0.25, -0.2) is 0 Å². The number of aromatic hydroxyl groups is 3. The molecule has 3 aromatic rings. The number of methoxy groups -OCH3 is 1. The lowest BCUT2D eigenvalue weighted by molar-refractivity contribution is -0.0132. The van der Waals surface area contributed by atoms with Crippen LogP contribution in [0.25, 0.3) is 0 Å². The Morgan fingerprint density at radius 3 is 2.26 bits per heavy atom. The molecule has 178 valence electrons. The van der Waals surface area contributed by atoms with Gasteiger partial charge in [0.15, 0.2) is 46.7 Å². The van der Waals surface area contributed by atoms with Gasteiger partial charge in [-0.1, -0.05) is 12.1 Å². The van der Waals surface area contributed by atoms with Gasteiger partial charge in [-0.15, -0.1) is 0 Å². The summed E-state index contributed by atoms with van der Waals surface area (Å²) in [6.07, 6.45) is -2.79. The maximum Gasteiger partial charge on any atom is 0.163 e. The van der Waals surface area contributed by atoms with E-state index in [0.717, 1.165) is 0 Å². The third-order valence-electron chi connectivity index (χ3n) is 6.07. The van der Waals surface area contributed by atoms with Gasteiger partial charge in [0.25, 0.3) is 0 Å². The predicted octanol–water partition coefficient (Wildman–Crippen LogP) is 2.72. The second kappa shape index (κ2) is 8.51. The predicted molar refractivity (Wildman–Crippen MR) is 119 cm³/mol. The highest BCUT2D eigenvalue weighted by molar-refractivity contribution is 5.52. The number of fused-ring (bicyclic) bond motifs is 2. The second-order valence-electron chi connectivity index (χ2n) is 8.27. The van der Waals surface area contributed by atoms with E-state index in [4.69, 9.17) is 18.9 Å². The van der Waals surface area contributed by atoms with Crippen molar-refractivity contribution in [2.24, 2.45) is 0 Å². The number of hydrogen-bond donors (Lipinski definition) is 5. The lowest BCUT2D eigenvalue weighted by Gasteiger charge is -2.35. The molecule has 0 radical (unpaired) electrons. The van der Waals surface area contributed by atoms with E-state index in [0.29, 0.717) is 33.9 Å². The number of phenols is 3. The largest absolute Gasteiger partial charge is 0.504 e. The van der Waals surface area contributed by atoms with Crippen LogP contribution in [-0.4, -0.2) is 51.5 Å². The quantitative estimate of drug-likeness (QED) is 0.366. The van der Waals surface area contributed by atoms with Crippen molar-refractivity contribution < 1.29 is 44.5 Å². The van der Waals surface area contributed by atoms with Crippen LogP contribution in [-0.2, 0) is 6.42 Å². The molecule has 0 aliphatic carbocycles. The molecule has 0 saturated heterocycles. The Bertz CT molecular complexity index is 1230. The number of aliphatic hydroxyl groups is 2. The van der Waals surface area contributed by atoms with Crippen LogP contribution in [0.3, 0.4) is 0 Å². The molecule has 0 bridgehead atoms. The number of ether oxygens (including phenoxy) is 4. The van der Waals surface area contributed by atoms with Gasteiger partial charge >= 0.3 is 0 Å². The van der Waals surface area contributed by atoms with Gasteiger partial charge in [0, 0.05) is 23.6 Å². The van der Waals surface area contributed by atoms with E-state index in [-0.39, 0.29) is 36.0 Å². The van der Waals surface area contributed by atoms with E-state index in [1.165, 1.54) is 25.3 Å². The van der Waals surface area contributed by atoms with Gasteiger partial charge in [0.1, 0.15) is 11.9 Å². The van der Waals surface area contributed by atoms with Crippen LogP contribution in [0.4, 0.5) is 0 Å². The van der Waals surface area contributed by atoms with E-state index >= 15 is 0 Å². The summed E-state index contributed by atoms with van der Waals surface area (Å²) in [7, 11) is 1.44. The summed E-state index contributed by atoms with van der Waals surface area (Å²) in [4.78, 5) is 0. The molecule has 4 atom stereocenters. The van der Waals surface area contributed by atoms with Crippen LogP contribution >= 0.6 is 0 Å². The number of rotatable bonds is 4. The van der Waals surface area contributed by atoms with Crippen molar-refractivity contribution in [2.45, 2.75) is 30.8 Å². The topological polar surface area (TPSA) is 138 Å². The fourth-order valence-electron chi connectivity index (χ4n) is 4.32. The van der Waals surface area contributed by atoms with Crippen molar-refractivity contribution in [2.75, 3.05) is 13.7 Å². The van der Waals surface area contributed by atoms with E-state index in [2.05, 4.69) is 0 Å². The van der Waals surface area contributed by atoms with Crippen molar-refractivity contribution in [3.8, 4) is 40.2 Å². The van der Waals surface area contributed by atoms with E-state index < -0.39 is 24.4 Å². The van der Waals surface area contributed by atoms with Gasteiger partial charge < -0.3 is 44.5 Å². The van der Waals surface area contributed by atoms with Gasteiger partial charge in [0.2, 0.25) is 0 Å². The first kappa shape index (κ1) is 22.0. The fraction of sp³-hybridized carbons (Fsp3) is 0.280. The molecule has 0 aromatic heterocycles. The number of phenolic OH excluding ortho intramolecular Hbond substituents is 3. The van der Waals surface area contributed by atoms with Gasteiger partial charge in [0.05, 0.1) is 19.8 Å². The van der Waals surface area contributed by atoms with Gasteiger partial charge in [-0.05, 0) is 35.9 Å². The zero-order chi connectivity index (χ0) is 24.0. The molecule has 2 heterocycles. The Labute approximate surface area is 195 Å². The van der Waals surface area contributed by atoms with E-state index in [9.17, 15) is 25.5 Å². The molecule has 9 nitrogen and oxygen atoms in total. The highest BCUT2D eigenvalue weighted by Crippen LogP contribution is 2.45. The standard InChI is InChI=1S/C25H24O9/c1-31-21-8-13(2-4-15(21)27)25-23(11-26)32-19-5-3-12(9-22(19)34-25)24-18(30)7-14-6-16(28)17(29)10-20(14)33-24/h2-6,8-10,18,23-30H,7,11H2,1H3. The molecule has 0 saturated carbocycles. The van der Waals surface area contributed by atoms with Crippen LogP contribution in [0.1, 0.15) is 28.9 Å². The van der Waals surface area contributed by atoms with Crippen molar-refractivity contribution >= 4 is 0 Å². The summed E-state index contributed by atoms with van der Waals surface area (Å²) in [5.74, 6) is 0.863. The Morgan fingerprint density at radius 1 is 0.794 bits per heavy atom. The van der Waals surface area contributed by atoms with Gasteiger partial charge in [-0.3, -0.25) is 0 Å². The van der Waals surface area contributed by atoms with Crippen molar-refractivity contribution in [1.29, 1.82) is 0 Å². The lowest BCUT2D eigenvalue weighted by atomic mass is 9.94. The summed E-state index contributed by atoms with van der Waals surface area (Å²) in [5.41, 5.74) is 1.85. The zero-order valence-electron chi connectivity index (χ0n) is 18.2. The Balaban J connectivity index is 1.46. The third kappa shape index (κ3) is 3.78. The number of benzene rings is 3. The maximum absolute atomic E-state index is 10.7. The molecule has 9 heteroatoms. The summed E-state index contributed by atoms with van der Waals surface area (Å²) in [6, 6.07) is 12.6. The molecule has 34 heavy (non-hydrogen) atoms. The summed E-state index contributed by atoms with van der Waals surface area (Å²) in [6.45, 7) is -0.299. The minimum absolute atomic E-state index is 0.0192. The third-order valence-corrected chi connectivity index (χ3v) is 6.07. The monoisotopic (exact) mass is 468 g/mol. The molecule has 0 amide bonds. The van der Waals surface area contributed by atoms with E-state index in [1.54, 1.807) is 30.3 Å². The van der Waals surface area contributed by atoms with Crippen LogP contribution < -0.4 is 18.9 Å². The number of hydrogen-bond acceptors (Lipinski definition) is 9. The first-order chi connectivity index (χ1) is 16.4. The average molecular weight is 468 g/mol. The summed E-state index contributed by atoms with van der Waals surface area (Å²) in [5, 5.41) is 50.1. The van der Waals surface area contributed by atoms with Gasteiger partial charge in [-0.2, -0.15) is 0 Å². The maximum atomic E-state index is 10.7. The molecular weight excluding hydrogens is 444 g/mol. The zero-order valence-corrected chi connectivity index (χ0v) is 18.2. The van der Waals surface area contributed by atoms with Crippen molar-refractivity contribution in [3.05, 3.63) is 65.2 Å². The molecule has 4 unspecified atom stereocenters. The first-order valence-electron chi connectivity index (χ1n) is 10.7. The highest BCUT2D eigenvalue weighted by atomic mass is 16.6. The van der Waals surface area contributed by atoms with E-state index in [1.807, 2.05) is 0 Å². The molecule has 3 aromatic carbocycles. The summed E-state index contributed by atoms with van der Waals surface area (Å²) < 4.78 is 23.3. The Hall–Kier alpha value is -3.82. The fourth-order valence-corrected chi connectivity index (χ4v) is 4.32. The lowest BCUT2D eigenvalue weighted by Crippen LogP contribution is -2.36. The Kier molecular flexibility index (Phi) is 5.51. The second-order valence-corrected chi connectivity index (χ2v) is 8.27. The van der Waals surface area contributed by atoms with Crippen LogP contribution in [0.2, 0.25) is 0 Å². The molecule has 0 spiro atoms. The number of aliphatic hydroxyl groups excluding tert-OH is 2. The van der Waals surface area contributed by atoms with Crippen molar-refractivity contribution in [1.82, 2.24) is 0 Å². The van der Waals surface area contributed by atoms with Crippen molar-refractivity contribution in [3.63, 3.8) is 0 Å². The minimum atomic E-state index is -0.902. The summed E-state index contributed by atoms with van der Waals surface area (Å²) >= 11 is 0.